The quantitative estimate of drug-likeness (QED) is 0.546. The summed E-state index contributed by atoms with van der Waals surface area (Å²) in [5, 5.41) is 0. The standard InChI is InChI=1S/C17H12N4O/c1-12-7-10-20-17(15(12)13-5-2-3-8-18-13)16-14(21-11-22)6-4-9-19-16/h2-10H,1H3. The van der Waals surface area contributed by atoms with Gasteiger partial charge in [0.15, 0.2) is 0 Å². The molecule has 0 aromatic carbocycles. The van der Waals surface area contributed by atoms with Crippen LogP contribution in [0.25, 0.3) is 22.6 Å². The largest absolute Gasteiger partial charge is 0.256 e. The fraction of sp³-hybridized carbons (Fsp3) is 0.0588. The molecule has 0 radical (unpaired) electrons. The number of aryl methyl sites for hydroxylation is 1. The molecule has 3 aromatic rings. The van der Waals surface area contributed by atoms with Gasteiger partial charge < -0.3 is 0 Å². The highest BCUT2D eigenvalue weighted by Gasteiger charge is 2.16. The van der Waals surface area contributed by atoms with Crippen molar-refractivity contribution in [3.8, 4) is 22.6 Å². The van der Waals surface area contributed by atoms with Crippen LogP contribution < -0.4 is 0 Å². The Bertz CT molecular complexity index is 856. The van der Waals surface area contributed by atoms with Crippen LogP contribution in [-0.4, -0.2) is 21.0 Å². The van der Waals surface area contributed by atoms with Crippen LogP contribution in [-0.2, 0) is 4.79 Å². The Morgan fingerprint density at radius 2 is 1.73 bits per heavy atom. The molecular weight excluding hydrogens is 276 g/mol. The van der Waals surface area contributed by atoms with Crippen LogP contribution in [0.5, 0.6) is 0 Å². The fourth-order valence-electron chi connectivity index (χ4n) is 2.29. The maximum Gasteiger partial charge on any atom is 0.240 e. The van der Waals surface area contributed by atoms with Gasteiger partial charge in [-0.15, -0.1) is 0 Å². The molecule has 106 valence electrons. The number of hydrogen-bond donors (Lipinski definition) is 0. The van der Waals surface area contributed by atoms with Crippen molar-refractivity contribution in [2.45, 2.75) is 6.92 Å². The van der Waals surface area contributed by atoms with Crippen molar-refractivity contribution in [3.63, 3.8) is 0 Å². The van der Waals surface area contributed by atoms with Crippen molar-refractivity contribution in [1.29, 1.82) is 0 Å². The third-order valence-electron chi connectivity index (χ3n) is 3.26. The van der Waals surface area contributed by atoms with E-state index in [0.29, 0.717) is 17.1 Å². The summed E-state index contributed by atoms with van der Waals surface area (Å²) in [5.41, 5.74) is 4.32. The van der Waals surface area contributed by atoms with Crippen LogP contribution in [0.3, 0.4) is 0 Å². The molecule has 0 amide bonds. The summed E-state index contributed by atoms with van der Waals surface area (Å²) in [6, 6.07) is 11.0. The first-order valence-electron chi connectivity index (χ1n) is 6.71. The highest BCUT2D eigenvalue weighted by Crippen LogP contribution is 2.35. The Hall–Kier alpha value is -3.17. The van der Waals surface area contributed by atoms with Crippen LogP contribution in [0.15, 0.2) is 60.0 Å². The number of hydrogen-bond acceptors (Lipinski definition) is 5. The molecule has 3 heterocycles. The molecule has 0 bridgehead atoms. The van der Waals surface area contributed by atoms with Gasteiger partial charge in [-0.2, -0.15) is 4.99 Å². The van der Waals surface area contributed by atoms with Crippen molar-refractivity contribution < 1.29 is 4.79 Å². The molecule has 5 heteroatoms. The summed E-state index contributed by atoms with van der Waals surface area (Å²) in [5.74, 6) is 0. The maximum atomic E-state index is 10.6. The molecule has 0 atom stereocenters. The summed E-state index contributed by atoms with van der Waals surface area (Å²) >= 11 is 0. The molecule has 0 aliphatic rings. The van der Waals surface area contributed by atoms with E-state index in [9.17, 15) is 4.79 Å². The maximum absolute atomic E-state index is 10.6. The van der Waals surface area contributed by atoms with Crippen LogP contribution >= 0.6 is 0 Å². The van der Waals surface area contributed by atoms with Crippen molar-refractivity contribution in [3.05, 3.63) is 60.6 Å². The Morgan fingerprint density at radius 1 is 0.909 bits per heavy atom. The topological polar surface area (TPSA) is 68.1 Å². The second-order valence-electron chi connectivity index (χ2n) is 4.64. The van der Waals surface area contributed by atoms with Gasteiger partial charge in [0.05, 0.1) is 5.69 Å². The smallest absolute Gasteiger partial charge is 0.240 e. The molecule has 0 aliphatic carbocycles. The zero-order valence-electron chi connectivity index (χ0n) is 11.9. The van der Waals surface area contributed by atoms with Crippen molar-refractivity contribution in [2.75, 3.05) is 0 Å². The second kappa shape index (κ2) is 6.08. The van der Waals surface area contributed by atoms with E-state index in [-0.39, 0.29) is 0 Å². The normalized spacial score (nSPS) is 10.0. The van der Waals surface area contributed by atoms with Gasteiger partial charge in [-0.3, -0.25) is 15.0 Å². The Labute approximate surface area is 127 Å². The lowest BCUT2D eigenvalue weighted by Crippen LogP contribution is -1.96. The molecule has 0 N–H and O–H groups in total. The Morgan fingerprint density at radius 3 is 2.50 bits per heavy atom. The van der Waals surface area contributed by atoms with E-state index in [0.717, 1.165) is 16.8 Å². The number of carbonyl (C=O) groups excluding carboxylic acids is 1. The van der Waals surface area contributed by atoms with Gasteiger partial charge in [0.2, 0.25) is 6.08 Å². The van der Waals surface area contributed by atoms with E-state index in [1.165, 1.54) is 0 Å². The van der Waals surface area contributed by atoms with Gasteiger partial charge in [0, 0.05) is 24.2 Å². The lowest BCUT2D eigenvalue weighted by Gasteiger charge is -2.11. The fourth-order valence-corrected chi connectivity index (χ4v) is 2.29. The van der Waals surface area contributed by atoms with E-state index < -0.39 is 0 Å². The summed E-state index contributed by atoms with van der Waals surface area (Å²) < 4.78 is 0. The van der Waals surface area contributed by atoms with Gasteiger partial charge in [0.1, 0.15) is 17.1 Å². The van der Waals surface area contributed by atoms with Crippen LogP contribution in [0.1, 0.15) is 5.56 Å². The summed E-state index contributed by atoms with van der Waals surface area (Å²) in [4.78, 5) is 27.5. The van der Waals surface area contributed by atoms with Gasteiger partial charge in [-0.1, -0.05) is 6.07 Å². The SMILES string of the molecule is Cc1ccnc(-c2ncccc2N=C=O)c1-c1ccccn1. The molecule has 3 aromatic heterocycles. The van der Waals surface area contributed by atoms with Crippen LogP contribution in [0.2, 0.25) is 0 Å². The zero-order valence-corrected chi connectivity index (χ0v) is 11.9. The first-order chi connectivity index (χ1) is 10.8. The summed E-state index contributed by atoms with van der Waals surface area (Å²) in [6.07, 6.45) is 6.64. The summed E-state index contributed by atoms with van der Waals surface area (Å²) in [7, 11) is 0. The molecular formula is C17H12N4O. The second-order valence-corrected chi connectivity index (χ2v) is 4.64. The first-order valence-corrected chi connectivity index (χ1v) is 6.71. The molecule has 0 aliphatic heterocycles. The monoisotopic (exact) mass is 288 g/mol. The molecule has 22 heavy (non-hydrogen) atoms. The molecule has 0 saturated carbocycles. The van der Waals surface area contributed by atoms with Gasteiger partial charge in [-0.25, -0.2) is 4.79 Å². The molecule has 0 spiro atoms. The number of rotatable bonds is 3. The molecule has 5 nitrogen and oxygen atoms in total. The van der Waals surface area contributed by atoms with Gasteiger partial charge in [0.25, 0.3) is 0 Å². The minimum Gasteiger partial charge on any atom is -0.256 e. The predicted octanol–water partition coefficient (Wildman–Crippen LogP) is 3.48. The minimum absolute atomic E-state index is 0.438. The average Bonchev–Trinajstić information content (AvgIpc) is 2.56. The number of nitrogens with zero attached hydrogens (tertiary/aromatic N) is 4. The Kier molecular flexibility index (Phi) is 3.81. The third-order valence-corrected chi connectivity index (χ3v) is 3.26. The average molecular weight is 288 g/mol. The number of isocyanates is 1. The zero-order chi connectivity index (χ0) is 15.4. The first kappa shape index (κ1) is 13.8. The predicted molar refractivity (Wildman–Crippen MR) is 83.2 cm³/mol. The third kappa shape index (κ3) is 2.53. The van der Waals surface area contributed by atoms with Crippen molar-refractivity contribution >= 4 is 11.8 Å². The van der Waals surface area contributed by atoms with Crippen LogP contribution in [0, 0.1) is 6.92 Å². The highest BCUT2D eigenvalue weighted by molar-refractivity contribution is 5.84. The number of aromatic nitrogens is 3. The minimum atomic E-state index is 0.438. The molecule has 3 rings (SSSR count). The number of aliphatic imine (C=N–C) groups is 1. The molecule has 0 unspecified atom stereocenters. The lowest BCUT2D eigenvalue weighted by molar-refractivity contribution is 0.565. The van der Waals surface area contributed by atoms with E-state index in [4.69, 9.17) is 0 Å². The highest BCUT2D eigenvalue weighted by atomic mass is 16.1. The number of pyridine rings is 3. The van der Waals surface area contributed by atoms with E-state index in [2.05, 4.69) is 19.9 Å². The lowest BCUT2D eigenvalue weighted by atomic mass is 10.0. The van der Waals surface area contributed by atoms with Gasteiger partial charge >= 0.3 is 0 Å². The van der Waals surface area contributed by atoms with Crippen molar-refractivity contribution in [1.82, 2.24) is 15.0 Å². The van der Waals surface area contributed by atoms with E-state index in [1.807, 2.05) is 31.2 Å². The summed E-state index contributed by atoms with van der Waals surface area (Å²) in [6.45, 7) is 1.99. The van der Waals surface area contributed by atoms with E-state index in [1.54, 1.807) is 36.8 Å². The van der Waals surface area contributed by atoms with Gasteiger partial charge in [-0.05, 0) is 42.8 Å². The Balaban J connectivity index is 2.30. The molecule has 0 saturated heterocycles. The van der Waals surface area contributed by atoms with E-state index >= 15 is 0 Å². The van der Waals surface area contributed by atoms with Crippen LogP contribution in [0.4, 0.5) is 5.69 Å². The molecule has 0 fully saturated rings. The van der Waals surface area contributed by atoms with Crippen molar-refractivity contribution in [2.24, 2.45) is 4.99 Å².